The van der Waals surface area contributed by atoms with Crippen LogP contribution < -0.4 is 0 Å². The highest BCUT2D eigenvalue weighted by molar-refractivity contribution is 14.1. The molecule has 0 aliphatic rings. The van der Waals surface area contributed by atoms with E-state index in [2.05, 4.69) is 3.07 Å². The Morgan fingerprint density at radius 3 is 1.55 bits per heavy atom. The van der Waals surface area contributed by atoms with Crippen LogP contribution in [0.5, 0.6) is 0 Å². The van der Waals surface area contributed by atoms with E-state index in [1.54, 1.807) is 0 Å². The normalized spacial score (nSPS) is 16.6. The van der Waals surface area contributed by atoms with Crippen LogP contribution in [0.1, 0.15) is 0 Å². The molecular formula is C3HF6IO. The lowest BCUT2D eigenvalue weighted by Crippen LogP contribution is -2.41. The second-order valence-electron chi connectivity index (χ2n) is 1.54. The van der Waals surface area contributed by atoms with E-state index in [1.165, 1.54) is 0 Å². The maximum Gasteiger partial charge on any atom is 0.428 e. The molecule has 0 spiro atoms. The summed E-state index contributed by atoms with van der Waals surface area (Å²) >= 11 is 0.495. The molecule has 0 saturated heterocycles. The molecule has 11 heavy (non-hydrogen) atoms. The van der Waals surface area contributed by atoms with Gasteiger partial charge in [-0.1, -0.05) is 0 Å². The molecule has 0 aromatic heterocycles. The first-order valence-electron chi connectivity index (χ1n) is 2.10. The van der Waals surface area contributed by atoms with Crippen molar-refractivity contribution in [2.24, 2.45) is 0 Å². The van der Waals surface area contributed by atoms with Crippen LogP contribution in [0.3, 0.4) is 0 Å². The second-order valence-corrected chi connectivity index (χ2v) is 1.98. The third-order valence-electron chi connectivity index (χ3n) is 0.685. The summed E-state index contributed by atoms with van der Waals surface area (Å²) in [5, 5.41) is 0. The summed E-state index contributed by atoms with van der Waals surface area (Å²) in [4.78, 5) is 0. The van der Waals surface area contributed by atoms with Crippen LogP contribution in [0, 0.1) is 0 Å². The summed E-state index contributed by atoms with van der Waals surface area (Å²) in [5.41, 5.74) is 0. The summed E-state index contributed by atoms with van der Waals surface area (Å²) < 4.78 is 71.7. The largest absolute Gasteiger partial charge is 0.428 e. The van der Waals surface area contributed by atoms with Gasteiger partial charge in [0.25, 0.3) is 6.17 Å². The van der Waals surface area contributed by atoms with Gasteiger partial charge in [0.05, 0.1) is 0 Å². The van der Waals surface area contributed by atoms with Crippen molar-refractivity contribution < 1.29 is 29.4 Å². The Morgan fingerprint density at radius 2 is 1.45 bits per heavy atom. The van der Waals surface area contributed by atoms with E-state index in [4.69, 9.17) is 0 Å². The number of rotatable bonds is 2. The summed E-state index contributed by atoms with van der Waals surface area (Å²) in [6.07, 6.45) is -14.7. The smallest absolute Gasteiger partial charge is 0.247 e. The van der Waals surface area contributed by atoms with Gasteiger partial charge >= 0.3 is 12.3 Å². The first-order chi connectivity index (χ1) is 4.72. The fourth-order valence-electron chi connectivity index (χ4n) is 0.230. The first kappa shape index (κ1) is 11.3. The van der Waals surface area contributed by atoms with Gasteiger partial charge in [0.2, 0.25) is 0 Å². The van der Waals surface area contributed by atoms with E-state index in [0.29, 0.717) is 23.0 Å². The highest BCUT2D eigenvalue weighted by atomic mass is 127. The van der Waals surface area contributed by atoms with Crippen molar-refractivity contribution >= 4 is 23.0 Å². The van der Waals surface area contributed by atoms with Gasteiger partial charge in [-0.05, 0) is 0 Å². The number of alkyl halides is 6. The van der Waals surface area contributed by atoms with Crippen LogP contribution in [0.15, 0.2) is 0 Å². The molecule has 0 N–H and O–H groups in total. The molecule has 0 aromatic rings. The highest BCUT2D eigenvalue weighted by Crippen LogP contribution is 2.36. The van der Waals surface area contributed by atoms with Crippen LogP contribution in [-0.2, 0) is 3.07 Å². The van der Waals surface area contributed by atoms with E-state index >= 15 is 0 Å². The molecule has 0 amide bonds. The summed E-state index contributed by atoms with van der Waals surface area (Å²) in [7, 11) is 0. The van der Waals surface area contributed by atoms with Crippen LogP contribution in [0.4, 0.5) is 26.3 Å². The van der Waals surface area contributed by atoms with Crippen molar-refractivity contribution in [1.82, 2.24) is 0 Å². The van der Waals surface area contributed by atoms with Crippen LogP contribution >= 0.6 is 23.0 Å². The molecule has 0 saturated carbocycles. The minimum atomic E-state index is -5.60. The van der Waals surface area contributed by atoms with Gasteiger partial charge in [-0.15, -0.1) is 0 Å². The molecule has 1 atom stereocenters. The molecule has 1 unspecified atom stereocenters. The Morgan fingerprint density at radius 1 is 1.09 bits per heavy atom. The molecule has 0 aliphatic carbocycles. The van der Waals surface area contributed by atoms with Crippen LogP contribution in [-0.4, -0.2) is 18.5 Å². The third kappa shape index (κ3) is 3.01. The van der Waals surface area contributed by atoms with E-state index < -0.39 is 18.5 Å². The van der Waals surface area contributed by atoms with Crippen molar-refractivity contribution in [1.29, 1.82) is 0 Å². The molecule has 8 heteroatoms. The minimum Gasteiger partial charge on any atom is -0.247 e. The average molecular weight is 294 g/mol. The second kappa shape index (κ2) is 3.33. The Bertz CT molecular complexity index is 132. The SMILES string of the molecule is FC(C(F)(F)F)C(F)(F)OI. The van der Waals surface area contributed by atoms with Gasteiger partial charge in [0.15, 0.2) is 0 Å². The number of halogens is 7. The predicted molar refractivity (Wildman–Crippen MR) is 31.0 cm³/mol. The Hall–Kier alpha value is 0.270. The molecule has 0 bridgehead atoms. The quantitative estimate of drug-likeness (QED) is 0.562. The zero-order valence-electron chi connectivity index (χ0n) is 4.63. The molecule has 68 valence electrons. The fraction of sp³-hybridized carbons (Fsp3) is 1.00. The van der Waals surface area contributed by atoms with Crippen molar-refractivity contribution in [2.45, 2.75) is 18.5 Å². The standard InChI is InChI=1S/C3HF6IO/c4-1(2(5,6)7)3(8,9)11-10/h1H. The summed E-state index contributed by atoms with van der Waals surface area (Å²) in [6, 6.07) is 0. The van der Waals surface area contributed by atoms with Crippen molar-refractivity contribution in [3.05, 3.63) is 0 Å². The molecule has 0 aromatic carbocycles. The Kier molecular flexibility index (Phi) is 3.42. The van der Waals surface area contributed by atoms with Gasteiger partial charge in [-0.2, -0.15) is 22.0 Å². The molecular weight excluding hydrogens is 293 g/mol. The zero-order chi connectivity index (χ0) is 9.28. The molecule has 0 heterocycles. The molecule has 0 radical (unpaired) electrons. The van der Waals surface area contributed by atoms with E-state index in [0.717, 1.165) is 0 Å². The lowest BCUT2D eigenvalue weighted by molar-refractivity contribution is -0.294. The lowest BCUT2D eigenvalue weighted by atomic mass is 10.3. The fourth-order valence-corrected chi connectivity index (χ4v) is 0.453. The Labute approximate surface area is 71.4 Å². The van der Waals surface area contributed by atoms with Gasteiger partial charge in [0.1, 0.15) is 23.0 Å². The summed E-state index contributed by atoms with van der Waals surface area (Å²) in [5.74, 6) is 0. The van der Waals surface area contributed by atoms with Crippen molar-refractivity contribution in [3.8, 4) is 0 Å². The third-order valence-corrected chi connectivity index (χ3v) is 1.27. The number of hydrogen-bond donors (Lipinski definition) is 0. The molecule has 0 fully saturated rings. The van der Waals surface area contributed by atoms with Crippen LogP contribution in [0.2, 0.25) is 0 Å². The monoisotopic (exact) mass is 294 g/mol. The van der Waals surface area contributed by atoms with Gasteiger partial charge in [-0.25, -0.2) is 7.46 Å². The highest BCUT2D eigenvalue weighted by Gasteiger charge is 2.58. The molecule has 0 aliphatic heterocycles. The molecule has 0 rings (SSSR count). The van der Waals surface area contributed by atoms with Crippen molar-refractivity contribution in [3.63, 3.8) is 0 Å². The van der Waals surface area contributed by atoms with Gasteiger partial charge in [-0.3, -0.25) is 0 Å². The van der Waals surface area contributed by atoms with Crippen molar-refractivity contribution in [2.75, 3.05) is 0 Å². The topological polar surface area (TPSA) is 9.23 Å². The first-order valence-corrected chi connectivity index (χ1v) is 2.98. The molecule has 1 nitrogen and oxygen atoms in total. The van der Waals surface area contributed by atoms with Gasteiger partial charge < -0.3 is 0 Å². The minimum absolute atomic E-state index is 0.495. The predicted octanol–water partition coefficient (Wildman–Crippen LogP) is 2.85. The maximum absolute atomic E-state index is 11.7. The van der Waals surface area contributed by atoms with Gasteiger partial charge in [0, 0.05) is 0 Å². The number of hydrogen-bond acceptors (Lipinski definition) is 1. The van der Waals surface area contributed by atoms with E-state index in [9.17, 15) is 26.3 Å². The lowest BCUT2D eigenvalue weighted by Gasteiger charge is -2.18. The van der Waals surface area contributed by atoms with E-state index in [1.807, 2.05) is 0 Å². The maximum atomic E-state index is 11.7. The average Bonchev–Trinajstić information content (AvgIpc) is 1.84. The van der Waals surface area contributed by atoms with Crippen LogP contribution in [0.25, 0.3) is 0 Å². The van der Waals surface area contributed by atoms with E-state index in [-0.39, 0.29) is 0 Å². The summed E-state index contributed by atoms with van der Waals surface area (Å²) in [6.45, 7) is 0. The Balaban J connectivity index is 4.35. The zero-order valence-corrected chi connectivity index (χ0v) is 6.79.